The van der Waals surface area contributed by atoms with Crippen molar-refractivity contribution in [1.82, 2.24) is 10.0 Å². The number of primary amides is 1. The third-order valence-corrected chi connectivity index (χ3v) is 4.97. The Morgan fingerprint density at radius 2 is 1.65 bits per heavy atom. The largest absolute Gasteiger partial charge is 0.451 e. The molecule has 1 aromatic rings. The van der Waals surface area contributed by atoms with Gasteiger partial charge in [-0.25, -0.2) is 13.2 Å². The molecule has 0 aliphatic carbocycles. The third-order valence-electron chi connectivity index (χ3n) is 3.16. The van der Waals surface area contributed by atoms with E-state index in [1.54, 1.807) is 13.8 Å². The molecule has 0 spiro atoms. The molecule has 4 N–H and O–H groups in total. The van der Waals surface area contributed by atoms with E-state index in [0.29, 0.717) is 5.02 Å². The van der Waals surface area contributed by atoms with E-state index in [-0.39, 0.29) is 4.90 Å². The predicted molar refractivity (Wildman–Crippen MR) is 93.7 cm³/mol. The molecule has 0 heterocycles. The summed E-state index contributed by atoms with van der Waals surface area (Å²) in [5.41, 5.74) is 4.87. The van der Waals surface area contributed by atoms with Gasteiger partial charge in [-0.1, -0.05) is 25.4 Å². The predicted octanol–water partition coefficient (Wildman–Crippen LogP) is 0.770. The van der Waals surface area contributed by atoms with Crippen LogP contribution in [0.2, 0.25) is 5.02 Å². The molecular weight excluding hydrogens is 386 g/mol. The molecular formula is C15H20ClN3O6S. The number of nitrogens with one attached hydrogen (secondary N) is 2. The number of rotatable bonds is 7. The monoisotopic (exact) mass is 405 g/mol. The number of benzene rings is 1. The Labute approximate surface area is 156 Å². The molecule has 0 fully saturated rings. The number of sulfonamides is 1. The summed E-state index contributed by atoms with van der Waals surface area (Å²) in [5, 5.41) is 2.18. The van der Waals surface area contributed by atoms with Crippen LogP contribution in [-0.4, -0.2) is 38.5 Å². The van der Waals surface area contributed by atoms with Crippen LogP contribution in [0, 0.1) is 5.92 Å². The molecule has 2 atom stereocenters. The summed E-state index contributed by atoms with van der Waals surface area (Å²) >= 11 is 5.71. The number of ether oxygens (including phenoxy) is 1. The molecule has 0 aliphatic heterocycles. The highest BCUT2D eigenvalue weighted by atomic mass is 35.5. The third kappa shape index (κ3) is 6.28. The SMILES string of the molecule is CC(C)[C@H](OC(=O)[C@H](C)NS(=O)(=O)c1ccc(Cl)cc1)C(=O)NC(N)=O. The molecule has 0 aliphatic rings. The molecule has 1 rings (SSSR count). The van der Waals surface area contributed by atoms with Crippen LogP contribution in [0.4, 0.5) is 4.79 Å². The molecule has 1 aromatic carbocycles. The summed E-state index contributed by atoms with van der Waals surface area (Å²) in [6, 6.07) is 2.97. The summed E-state index contributed by atoms with van der Waals surface area (Å²) in [6.45, 7) is 4.43. The topological polar surface area (TPSA) is 145 Å². The molecule has 11 heteroatoms. The molecule has 3 amide bonds. The minimum atomic E-state index is -4.00. The van der Waals surface area contributed by atoms with Gasteiger partial charge in [-0.05, 0) is 37.1 Å². The number of amides is 3. The van der Waals surface area contributed by atoms with Crippen molar-refractivity contribution < 1.29 is 27.5 Å². The van der Waals surface area contributed by atoms with Gasteiger partial charge in [0.05, 0.1) is 4.90 Å². The van der Waals surface area contributed by atoms with Crippen molar-refractivity contribution in [3.63, 3.8) is 0 Å². The summed E-state index contributed by atoms with van der Waals surface area (Å²) < 4.78 is 31.7. The van der Waals surface area contributed by atoms with Gasteiger partial charge in [0.15, 0.2) is 6.10 Å². The van der Waals surface area contributed by atoms with E-state index in [2.05, 4.69) is 4.72 Å². The first-order chi connectivity index (χ1) is 11.9. The molecule has 0 radical (unpaired) electrons. The lowest BCUT2D eigenvalue weighted by Gasteiger charge is -2.22. The maximum absolute atomic E-state index is 12.3. The molecule has 0 saturated heterocycles. The van der Waals surface area contributed by atoms with Gasteiger partial charge >= 0.3 is 12.0 Å². The van der Waals surface area contributed by atoms with Crippen LogP contribution in [0.1, 0.15) is 20.8 Å². The Hall–Kier alpha value is -2.17. The van der Waals surface area contributed by atoms with Crippen molar-refractivity contribution in [1.29, 1.82) is 0 Å². The second-order valence-electron chi connectivity index (χ2n) is 5.75. The Kier molecular flexibility index (Phi) is 7.54. The fourth-order valence-electron chi connectivity index (χ4n) is 1.87. The molecule has 0 saturated carbocycles. The highest BCUT2D eigenvalue weighted by molar-refractivity contribution is 7.89. The van der Waals surface area contributed by atoms with E-state index >= 15 is 0 Å². The number of carbonyl (C=O) groups is 3. The zero-order valence-corrected chi connectivity index (χ0v) is 15.9. The molecule has 26 heavy (non-hydrogen) atoms. The Bertz CT molecular complexity index is 779. The Morgan fingerprint density at radius 1 is 1.12 bits per heavy atom. The van der Waals surface area contributed by atoms with Crippen molar-refractivity contribution in [2.45, 2.75) is 37.8 Å². The van der Waals surface area contributed by atoms with Crippen LogP contribution >= 0.6 is 11.6 Å². The Morgan fingerprint density at radius 3 is 2.12 bits per heavy atom. The first-order valence-corrected chi connectivity index (χ1v) is 9.39. The second-order valence-corrected chi connectivity index (χ2v) is 7.90. The molecule has 0 bridgehead atoms. The van der Waals surface area contributed by atoms with Crippen LogP contribution in [0.25, 0.3) is 0 Å². The van der Waals surface area contributed by atoms with Crippen molar-refractivity contribution in [3.05, 3.63) is 29.3 Å². The van der Waals surface area contributed by atoms with Gasteiger partial charge in [-0.3, -0.25) is 14.9 Å². The van der Waals surface area contributed by atoms with Crippen LogP contribution < -0.4 is 15.8 Å². The highest BCUT2D eigenvalue weighted by Crippen LogP contribution is 2.15. The second kappa shape index (κ2) is 8.97. The fraction of sp³-hybridized carbons (Fsp3) is 0.400. The van der Waals surface area contributed by atoms with Gasteiger partial charge < -0.3 is 10.5 Å². The van der Waals surface area contributed by atoms with Gasteiger partial charge in [-0.15, -0.1) is 0 Å². The van der Waals surface area contributed by atoms with E-state index in [1.807, 2.05) is 5.32 Å². The first kappa shape index (κ1) is 21.9. The maximum Gasteiger partial charge on any atom is 0.324 e. The van der Waals surface area contributed by atoms with Crippen LogP contribution in [0.5, 0.6) is 0 Å². The number of halogens is 1. The number of imide groups is 1. The van der Waals surface area contributed by atoms with E-state index in [0.717, 1.165) is 0 Å². The number of urea groups is 1. The van der Waals surface area contributed by atoms with E-state index < -0.39 is 46.0 Å². The van der Waals surface area contributed by atoms with Crippen LogP contribution in [0.15, 0.2) is 29.2 Å². The standard InChI is InChI=1S/C15H20ClN3O6S/c1-8(2)12(13(20)18-15(17)22)25-14(21)9(3)19-26(23,24)11-6-4-10(16)5-7-11/h4-9,12,19H,1-3H3,(H3,17,18,20,22)/t9-,12-/m0/s1. The minimum absolute atomic E-state index is 0.0894. The number of hydrogen-bond donors (Lipinski definition) is 3. The zero-order valence-electron chi connectivity index (χ0n) is 14.4. The highest BCUT2D eigenvalue weighted by Gasteiger charge is 2.31. The normalized spacial score (nSPS) is 13.7. The fourth-order valence-corrected chi connectivity index (χ4v) is 3.19. The molecule has 144 valence electrons. The number of carbonyl (C=O) groups excluding carboxylic acids is 3. The summed E-state index contributed by atoms with van der Waals surface area (Å²) in [5.74, 6) is -2.35. The average Bonchev–Trinajstić information content (AvgIpc) is 2.51. The van der Waals surface area contributed by atoms with E-state index in [9.17, 15) is 22.8 Å². The number of hydrogen-bond acceptors (Lipinski definition) is 6. The lowest BCUT2D eigenvalue weighted by Crippen LogP contribution is -2.48. The smallest absolute Gasteiger partial charge is 0.324 e. The quantitative estimate of drug-likeness (QED) is 0.571. The lowest BCUT2D eigenvalue weighted by molar-refractivity contribution is -0.159. The van der Waals surface area contributed by atoms with Gasteiger partial charge in [-0.2, -0.15) is 4.72 Å². The average molecular weight is 406 g/mol. The maximum atomic E-state index is 12.3. The number of nitrogens with two attached hydrogens (primary N) is 1. The van der Waals surface area contributed by atoms with Crippen molar-refractivity contribution in [2.24, 2.45) is 11.7 Å². The molecule has 0 unspecified atom stereocenters. The van der Waals surface area contributed by atoms with E-state index in [1.165, 1.54) is 31.2 Å². The summed E-state index contributed by atoms with van der Waals surface area (Å²) in [6.07, 6.45) is -1.31. The van der Waals surface area contributed by atoms with Crippen molar-refractivity contribution in [3.8, 4) is 0 Å². The van der Waals surface area contributed by atoms with Crippen molar-refractivity contribution >= 4 is 39.5 Å². The minimum Gasteiger partial charge on any atom is -0.451 e. The molecule has 0 aromatic heterocycles. The van der Waals surface area contributed by atoms with Gasteiger partial charge in [0.1, 0.15) is 6.04 Å². The van der Waals surface area contributed by atoms with E-state index in [4.69, 9.17) is 22.1 Å². The van der Waals surface area contributed by atoms with Gasteiger partial charge in [0, 0.05) is 5.02 Å². The van der Waals surface area contributed by atoms with Crippen LogP contribution in [-0.2, 0) is 24.3 Å². The Balaban J connectivity index is 2.83. The number of esters is 1. The lowest BCUT2D eigenvalue weighted by atomic mass is 10.1. The van der Waals surface area contributed by atoms with Crippen molar-refractivity contribution in [2.75, 3.05) is 0 Å². The van der Waals surface area contributed by atoms with Gasteiger partial charge in [0.2, 0.25) is 10.0 Å². The van der Waals surface area contributed by atoms with Gasteiger partial charge in [0.25, 0.3) is 5.91 Å². The first-order valence-electron chi connectivity index (χ1n) is 7.52. The zero-order chi connectivity index (χ0) is 20.1. The molecule has 9 nitrogen and oxygen atoms in total. The summed E-state index contributed by atoms with van der Waals surface area (Å²) in [7, 11) is -4.00. The van der Waals surface area contributed by atoms with Crippen LogP contribution in [0.3, 0.4) is 0 Å². The summed E-state index contributed by atoms with van der Waals surface area (Å²) in [4.78, 5) is 34.7.